The molecule has 1 amide bonds. The van der Waals surface area contributed by atoms with Crippen LogP contribution < -0.4 is 4.90 Å². The van der Waals surface area contributed by atoms with E-state index in [0.717, 1.165) is 16.7 Å². The number of aromatic nitrogens is 2. The van der Waals surface area contributed by atoms with Gasteiger partial charge >= 0.3 is 0 Å². The molecule has 0 atom stereocenters. The van der Waals surface area contributed by atoms with Crippen molar-refractivity contribution in [3.05, 3.63) is 60.2 Å². The number of benzene rings is 2. The maximum Gasteiger partial charge on any atom is 0.258 e. The second-order valence-electron chi connectivity index (χ2n) is 4.48. The van der Waals surface area contributed by atoms with Crippen molar-refractivity contribution in [2.75, 3.05) is 11.9 Å². The molecule has 0 spiro atoms. The summed E-state index contributed by atoms with van der Waals surface area (Å²) >= 11 is 0. The van der Waals surface area contributed by atoms with Gasteiger partial charge in [-0.25, -0.2) is 9.37 Å². The average molecular weight is 269 g/mol. The Bertz CT molecular complexity index is 781. The molecule has 2 aromatic carbocycles. The van der Waals surface area contributed by atoms with E-state index < -0.39 is 5.82 Å². The van der Waals surface area contributed by atoms with Gasteiger partial charge in [0.2, 0.25) is 0 Å². The van der Waals surface area contributed by atoms with Gasteiger partial charge in [-0.3, -0.25) is 4.79 Å². The fourth-order valence-electron chi connectivity index (χ4n) is 2.06. The number of amides is 1. The lowest BCUT2D eigenvalue weighted by Gasteiger charge is -2.17. The van der Waals surface area contributed by atoms with Crippen LogP contribution in [0.25, 0.3) is 11.0 Å². The van der Waals surface area contributed by atoms with Crippen molar-refractivity contribution in [1.29, 1.82) is 0 Å². The molecule has 0 radical (unpaired) electrons. The summed E-state index contributed by atoms with van der Waals surface area (Å²) < 4.78 is 13.2. The number of carbonyl (C=O) groups excluding carboxylic acids is 1. The van der Waals surface area contributed by atoms with E-state index in [2.05, 4.69) is 9.97 Å². The van der Waals surface area contributed by atoms with Crippen LogP contribution in [0.2, 0.25) is 0 Å². The van der Waals surface area contributed by atoms with E-state index in [1.54, 1.807) is 25.5 Å². The first-order valence-corrected chi connectivity index (χ1v) is 6.12. The molecule has 0 bridgehead atoms. The number of hydrogen-bond donors (Lipinski definition) is 1. The summed E-state index contributed by atoms with van der Waals surface area (Å²) in [5.74, 6) is -0.684. The highest BCUT2D eigenvalue weighted by Gasteiger charge is 2.14. The topological polar surface area (TPSA) is 49.0 Å². The monoisotopic (exact) mass is 269 g/mol. The molecule has 1 N–H and O–H groups in total. The van der Waals surface area contributed by atoms with Crippen LogP contribution in [0.4, 0.5) is 10.1 Å². The molecule has 20 heavy (non-hydrogen) atoms. The molecule has 4 nitrogen and oxygen atoms in total. The van der Waals surface area contributed by atoms with Gasteiger partial charge in [0.05, 0.1) is 17.4 Å². The zero-order chi connectivity index (χ0) is 14.1. The van der Waals surface area contributed by atoms with Gasteiger partial charge in [0.1, 0.15) is 5.82 Å². The number of carbonyl (C=O) groups is 1. The van der Waals surface area contributed by atoms with Crippen molar-refractivity contribution in [1.82, 2.24) is 9.97 Å². The van der Waals surface area contributed by atoms with Crippen molar-refractivity contribution in [3.63, 3.8) is 0 Å². The molecule has 0 fully saturated rings. The summed E-state index contributed by atoms with van der Waals surface area (Å²) in [5.41, 5.74) is 2.72. The molecule has 100 valence electrons. The minimum Gasteiger partial charge on any atom is -0.345 e. The molecule has 0 aliphatic rings. The summed E-state index contributed by atoms with van der Waals surface area (Å²) in [5, 5.41) is 0. The third kappa shape index (κ3) is 2.14. The SMILES string of the molecule is CN(C(=O)c1cccc(F)c1)c1ccc2nc[nH]c2c1. The number of halogens is 1. The third-order valence-corrected chi connectivity index (χ3v) is 3.17. The Morgan fingerprint density at radius 1 is 1.25 bits per heavy atom. The van der Waals surface area contributed by atoms with E-state index in [0.29, 0.717) is 5.56 Å². The van der Waals surface area contributed by atoms with Crippen LogP contribution in [0.1, 0.15) is 10.4 Å². The molecule has 3 rings (SSSR count). The number of anilines is 1. The Kier molecular flexibility index (Phi) is 2.95. The Balaban J connectivity index is 1.94. The molecule has 0 saturated heterocycles. The van der Waals surface area contributed by atoms with Crippen LogP contribution >= 0.6 is 0 Å². The molecule has 1 heterocycles. The Labute approximate surface area is 114 Å². The summed E-state index contributed by atoms with van der Waals surface area (Å²) in [6.07, 6.45) is 1.60. The quantitative estimate of drug-likeness (QED) is 0.777. The lowest BCUT2D eigenvalue weighted by molar-refractivity contribution is 0.0992. The molecule has 1 aromatic heterocycles. The number of fused-ring (bicyclic) bond motifs is 1. The molecule has 0 aliphatic heterocycles. The molecular weight excluding hydrogens is 257 g/mol. The average Bonchev–Trinajstić information content (AvgIpc) is 2.93. The van der Waals surface area contributed by atoms with E-state index in [1.807, 2.05) is 12.1 Å². The minimum atomic E-state index is -0.423. The summed E-state index contributed by atoms with van der Waals surface area (Å²) in [4.78, 5) is 20.9. The normalized spacial score (nSPS) is 10.7. The molecule has 0 unspecified atom stereocenters. The predicted octanol–water partition coefficient (Wildman–Crippen LogP) is 2.98. The summed E-state index contributed by atoms with van der Waals surface area (Å²) in [7, 11) is 1.66. The highest BCUT2D eigenvalue weighted by molar-refractivity contribution is 6.06. The van der Waals surface area contributed by atoms with Gasteiger partial charge in [-0.15, -0.1) is 0 Å². The predicted molar refractivity (Wildman–Crippen MR) is 75.2 cm³/mol. The van der Waals surface area contributed by atoms with Gasteiger partial charge in [-0.1, -0.05) is 6.07 Å². The van der Waals surface area contributed by atoms with E-state index in [-0.39, 0.29) is 5.91 Å². The first-order chi connectivity index (χ1) is 9.65. The highest BCUT2D eigenvalue weighted by Crippen LogP contribution is 2.20. The number of hydrogen-bond acceptors (Lipinski definition) is 2. The zero-order valence-electron chi connectivity index (χ0n) is 10.8. The number of rotatable bonds is 2. The van der Waals surface area contributed by atoms with Crippen molar-refractivity contribution in [2.24, 2.45) is 0 Å². The van der Waals surface area contributed by atoms with Crippen LogP contribution in [-0.4, -0.2) is 22.9 Å². The zero-order valence-corrected chi connectivity index (χ0v) is 10.8. The van der Waals surface area contributed by atoms with Crippen LogP contribution in [0.5, 0.6) is 0 Å². The lowest BCUT2D eigenvalue weighted by Crippen LogP contribution is -2.26. The fourth-order valence-corrected chi connectivity index (χ4v) is 2.06. The first kappa shape index (κ1) is 12.3. The maximum absolute atomic E-state index is 13.2. The van der Waals surface area contributed by atoms with Gasteiger partial charge in [0.15, 0.2) is 0 Å². The van der Waals surface area contributed by atoms with E-state index in [4.69, 9.17) is 0 Å². The van der Waals surface area contributed by atoms with Gasteiger partial charge in [0, 0.05) is 18.3 Å². The molecule has 3 aromatic rings. The molecule has 0 aliphatic carbocycles. The van der Waals surface area contributed by atoms with Crippen LogP contribution in [0.3, 0.4) is 0 Å². The minimum absolute atomic E-state index is 0.261. The Hall–Kier alpha value is -2.69. The number of aromatic amines is 1. The first-order valence-electron chi connectivity index (χ1n) is 6.12. The second kappa shape index (κ2) is 4.77. The van der Waals surface area contributed by atoms with E-state index in [1.165, 1.54) is 23.1 Å². The van der Waals surface area contributed by atoms with Gasteiger partial charge in [-0.2, -0.15) is 0 Å². The van der Waals surface area contributed by atoms with E-state index >= 15 is 0 Å². The van der Waals surface area contributed by atoms with Crippen molar-refractivity contribution < 1.29 is 9.18 Å². The van der Waals surface area contributed by atoms with Crippen LogP contribution in [0.15, 0.2) is 48.8 Å². The van der Waals surface area contributed by atoms with Crippen molar-refractivity contribution in [2.45, 2.75) is 0 Å². The summed E-state index contributed by atoms with van der Waals surface area (Å²) in [6.45, 7) is 0. The standard InChI is InChI=1S/C15H12FN3O/c1-19(15(20)10-3-2-4-11(16)7-10)12-5-6-13-14(8-12)18-9-17-13/h2-9H,1H3,(H,17,18). The van der Waals surface area contributed by atoms with E-state index in [9.17, 15) is 9.18 Å². The highest BCUT2D eigenvalue weighted by atomic mass is 19.1. The van der Waals surface area contributed by atoms with Crippen molar-refractivity contribution >= 4 is 22.6 Å². The maximum atomic E-state index is 13.2. The number of nitrogens with zero attached hydrogens (tertiary/aromatic N) is 2. The van der Waals surface area contributed by atoms with Gasteiger partial charge in [-0.05, 0) is 36.4 Å². The number of H-pyrrole nitrogens is 1. The smallest absolute Gasteiger partial charge is 0.258 e. The Morgan fingerprint density at radius 3 is 2.90 bits per heavy atom. The van der Waals surface area contributed by atoms with Crippen LogP contribution in [-0.2, 0) is 0 Å². The lowest BCUT2D eigenvalue weighted by atomic mass is 10.2. The molecule has 0 saturated carbocycles. The van der Waals surface area contributed by atoms with Crippen LogP contribution in [0, 0.1) is 5.82 Å². The van der Waals surface area contributed by atoms with Gasteiger partial charge in [0.25, 0.3) is 5.91 Å². The van der Waals surface area contributed by atoms with Gasteiger partial charge < -0.3 is 9.88 Å². The Morgan fingerprint density at radius 2 is 2.10 bits per heavy atom. The van der Waals surface area contributed by atoms with Crippen molar-refractivity contribution in [3.8, 4) is 0 Å². The molecule has 5 heteroatoms. The molecular formula is C15H12FN3O. The third-order valence-electron chi connectivity index (χ3n) is 3.17. The second-order valence-corrected chi connectivity index (χ2v) is 4.48. The number of nitrogens with one attached hydrogen (secondary N) is 1. The largest absolute Gasteiger partial charge is 0.345 e. The fraction of sp³-hybridized carbons (Fsp3) is 0.0667. The number of imidazole rings is 1. The summed E-state index contributed by atoms with van der Waals surface area (Å²) in [6, 6.07) is 11.1.